The maximum absolute atomic E-state index is 13.8. The normalized spacial score (nSPS) is 18.4. The zero-order valence-electron chi connectivity index (χ0n) is 9.97. The first-order chi connectivity index (χ1) is 8.41. The first-order valence-electron chi connectivity index (χ1n) is 5.69. The van der Waals surface area contributed by atoms with Crippen LogP contribution in [0.2, 0.25) is 0 Å². The molecule has 1 aromatic carbocycles. The summed E-state index contributed by atoms with van der Waals surface area (Å²) in [4.78, 5) is -0.287. The summed E-state index contributed by atoms with van der Waals surface area (Å²) in [5.41, 5.74) is 0.575. The van der Waals surface area contributed by atoms with Gasteiger partial charge in [-0.05, 0) is 31.0 Å². The van der Waals surface area contributed by atoms with E-state index in [1.165, 1.54) is 18.2 Å². The third kappa shape index (κ3) is 2.55. The summed E-state index contributed by atoms with van der Waals surface area (Å²) in [6.45, 7) is 1.84. The monoisotopic (exact) mass is 274 g/mol. The van der Waals surface area contributed by atoms with E-state index in [0.717, 1.165) is 0 Å². The van der Waals surface area contributed by atoms with Gasteiger partial charge in [0.2, 0.25) is 0 Å². The molecule has 0 amide bonds. The lowest BCUT2D eigenvalue weighted by Gasteiger charge is -2.25. The molecular weight excluding hydrogens is 259 g/mol. The maximum Gasteiger partial charge on any atom is 0.188 e. The second kappa shape index (κ2) is 4.95. The summed E-state index contributed by atoms with van der Waals surface area (Å²) in [5.74, 6) is -0.764. The molecule has 6 heteroatoms. The van der Waals surface area contributed by atoms with Gasteiger partial charge >= 0.3 is 0 Å². The van der Waals surface area contributed by atoms with Crippen molar-refractivity contribution >= 4 is 9.84 Å². The SMILES string of the molecule is CC(O)Cc1ccc(S(=O)(=O)C2COC2)c(F)c1. The third-order valence-electron chi connectivity index (χ3n) is 2.88. The standard InChI is InChI=1S/C12H15FO4S/c1-8(14)4-9-2-3-12(11(13)5-9)18(15,16)10-6-17-7-10/h2-3,5,8,10,14H,4,6-7H2,1H3. The predicted octanol–water partition coefficient (Wildman–Crippen LogP) is 0.921. The van der Waals surface area contributed by atoms with E-state index in [-0.39, 0.29) is 18.1 Å². The fourth-order valence-electron chi connectivity index (χ4n) is 1.82. The topological polar surface area (TPSA) is 63.6 Å². The molecular formula is C12H15FO4S. The second-order valence-electron chi connectivity index (χ2n) is 4.52. The lowest BCUT2D eigenvalue weighted by Crippen LogP contribution is -2.40. The van der Waals surface area contributed by atoms with Crippen molar-refractivity contribution in [2.75, 3.05) is 13.2 Å². The van der Waals surface area contributed by atoms with Gasteiger partial charge in [-0.25, -0.2) is 12.8 Å². The van der Waals surface area contributed by atoms with Crippen molar-refractivity contribution in [1.29, 1.82) is 0 Å². The number of hydrogen-bond acceptors (Lipinski definition) is 4. The van der Waals surface area contributed by atoms with Gasteiger partial charge in [-0.2, -0.15) is 0 Å². The number of hydrogen-bond donors (Lipinski definition) is 1. The quantitative estimate of drug-likeness (QED) is 0.887. The molecule has 0 aromatic heterocycles. The molecule has 1 fully saturated rings. The van der Waals surface area contributed by atoms with Gasteiger partial charge in [0.25, 0.3) is 0 Å². The van der Waals surface area contributed by atoms with Crippen molar-refractivity contribution in [3.05, 3.63) is 29.6 Å². The van der Waals surface area contributed by atoms with Crippen LogP contribution in [0.1, 0.15) is 12.5 Å². The Labute approximate surface area is 105 Å². The van der Waals surface area contributed by atoms with Crippen LogP contribution in [0, 0.1) is 5.82 Å². The van der Waals surface area contributed by atoms with E-state index < -0.39 is 27.0 Å². The van der Waals surface area contributed by atoms with Crippen LogP contribution in [0.3, 0.4) is 0 Å². The van der Waals surface area contributed by atoms with E-state index in [2.05, 4.69) is 0 Å². The highest BCUT2D eigenvalue weighted by atomic mass is 32.2. The van der Waals surface area contributed by atoms with Gasteiger partial charge in [-0.3, -0.25) is 0 Å². The molecule has 100 valence electrons. The molecule has 1 aliphatic heterocycles. The first-order valence-corrected chi connectivity index (χ1v) is 7.24. The molecule has 1 saturated heterocycles. The Morgan fingerprint density at radius 3 is 2.61 bits per heavy atom. The summed E-state index contributed by atoms with van der Waals surface area (Å²) >= 11 is 0. The minimum Gasteiger partial charge on any atom is -0.393 e. The molecule has 1 atom stereocenters. The molecule has 1 aromatic rings. The van der Waals surface area contributed by atoms with Gasteiger partial charge in [0, 0.05) is 0 Å². The lowest BCUT2D eigenvalue weighted by molar-refractivity contribution is 0.0415. The molecule has 0 bridgehead atoms. The van der Waals surface area contributed by atoms with Crippen molar-refractivity contribution < 1.29 is 22.7 Å². The number of aliphatic hydroxyl groups is 1. The molecule has 0 aliphatic carbocycles. The fraction of sp³-hybridized carbons (Fsp3) is 0.500. The maximum atomic E-state index is 13.8. The molecule has 1 unspecified atom stereocenters. The van der Waals surface area contributed by atoms with E-state index in [0.29, 0.717) is 12.0 Å². The molecule has 0 saturated carbocycles. The highest BCUT2D eigenvalue weighted by molar-refractivity contribution is 7.92. The van der Waals surface area contributed by atoms with E-state index in [1.54, 1.807) is 6.92 Å². The van der Waals surface area contributed by atoms with E-state index in [1.807, 2.05) is 0 Å². The summed E-state index contributed by atoms with van der Waals surface area (Å²) in [6.07, 6.45) is -0.295. The Morgan fingerprint density at radius 2 is 2.17 bits per heavy atom. The van der Waals surface area contributed by atoms with Crippen molar-refractivity contribution in [2.24, 2.45) is 0 Å². The van der Waals surface area contributed by atoms with Crippen LogP contribution >= 0.6 is 0 Å². The minimum atomic E-state index is -3.64. The summed E-state index contributed by atoms with van der Waals surface area (Å²) < 4.78 is 42.6. The summed E-state index contributed by atoms with van der Waals surface area (Å²) in [5, 5.41) is 8.56. The molecule has 1 heterocycles. The first kappa shape index (κ1) is 13.5. The molecule has 1 N–H and O–H groups in total. The molecule has 4 nitrogen and oxygen atoms in total. The van der Waals surface area contributed by atoms with E-state index >= 15 is 0 Å². The Morgan fingerprint density at radius 1 is 1.50 bits per heavy atom. The van der Waals surface area contributed by atoms with Crippen molar-refractivity contribution in [3.63, 3.8) is 0 Å². The highest BCUT2D eigenvalue weighted by Gasteiger charge is 2.35. The van der Waals surface area contributed by atoms with E-state index in [4.69, 9.17) is 4.74 Å². The molecule has 2 rings (SSSR count). The number of sulfone groups is 1. The van der Waals surface area contributed by atoms with Crippen LogP contribution < -0.4 is 0 Å². The third-order valence-corrected chi connectivity index (χ3v) is 4.97. The molecule has 18 heavy (non-hydrogen) atoms. The molecule has 0 radical (unpaired) electrons. The van der Waals surface area contributed by atoms with Gasteiger partial charge in [0.05, 0.1) is 19.3 Å². The average Bonchev–Trinajstić information content (AvgIpc) is 2.11. The van der Waals surface area contributed by atoms with Crippen LogP contribution in [0.4, 0.5) is 4.39 Å². The van der Waals surface area contributed by atoms with Crippen LogP contribution in [0.15, 0.2) is 23.1 Å². The van der Waals surface area contributed by atoms with Crippen LogP contribution in [0.25, 0.3) is 0 Å². The van der Waals surface area contributed by atoms with Gasteiger partial charge in [-0.1, -0.05) is 6.07 Å². The van der Waals surface area contributed by atoms with Gasteiger partial charge in [0.1, 0.15) is 16.0 Å². The van der Waals surface area contributed by atoms with Crippen molar-refractivity contribution in [3.8, 4) is 0 Å². The molecule has 0 spiro atoms. The van der Waals surface area contributed by atoms with Crippen LogP contribution in [-0.2, 0) is 21.0 Å². The second-order valence-corrected chi connectivity index (χ2v) is 6.72. The highest BCUT2D eigenvalue weighted by Crippen LogP contribution is 2.24. The van der Waals surface area contributed by atoms with Gasteiger partial charge in [-0.15, -0.1) is 0 Å². The van der Waals surface area contributed by atoms with Crippen molar-refractivity contribution in [1.82, 2.24) is 0 Å². The van der Waals surface area contributed by atoms with E-state index in [9.17, 15) is 17.9 Å². The Bertz CT molecular complexity index is 535. The smallest absolute Gasteiger partial charge is 0.188 e. The Balaban J connectivity index is 2.29. The summed E-state index contributed by atoms with van der Waals surface area (Å²) in [7, 11) is -3.64. The molecule has 1 aliphatic rings. The minimum absolute atomic E-state index is 0.122. The van der Waals surface area contributed by atoms with Gasteiger partial charge in [0.15, 0.2) is 9.84 Å². The van der Waals surface area contributed by atoms with Gasteiger partial charge < -0.3 is 9.84 Å². The predicted molar refractivity (Wildman–Crippen MR) is 63.6 cm³/mol. The fourth-order valence-corrected chi connectivity index (χ4v) is 3.31. The number of benzene rings is 1. The number of rotatable bonds is 4. The Hall–Kier alpha value is -0.980. The average molecular weight is 274 g/mol. The Kier molecular flexibility index (Phi) is 3.70. The number of aliphatic hydroxyl groups excluding tert-OH is 1. The number of halogens is 1. The van der Waals surface area contributed by atoms with Crippen LogP contribution in [0.5, 0.6) is 0 Å². The van der Waals surface area contributed by atoms with Crippen molar-refractivity contribution in [2.45, 2.75) is 29.6 Å². The number of ether oxygens (including phenoxy) is 1. The zero-order chi connectivity index (χ0) is 13.3. The van der Waals surface area contributed by atoms with Crippen LogP contribution in [-0.4, -0.2) is 38.1 Å². The summed E-state index contributed by atoms with van der Waals surface area (Å²) in [6, 6.07) is 3.96. The largest absolute Gasteiger partial charge is 0.393 e. The lowest BCUT2D eigenvalue weighted by atomic mass is 10.1. The zero-order valence-corrected chi connectivity index (χ0v) is 10.8.